The summed E-state index contributed by atoms with van der Waals surface area (Å²) in [6, 6.07) is 30.1. The molecule has 4 rings (SSSR count). The Kier molecular flexibility index (Phi) is 8.88. The molecule has 0 spiro atoms. The van der Waals surface area contributed by atoms with Crippen LogP contribution in [0.15, 0.2) is 104 Å². The van der Waals surface area contributed by atoms with Crippen molar-refractivity contribution in [1.29, 1.82) is 0 Å². The van der Waals surface area contributed by atoms with Crippen LogP contribution in [0.1, 0.15) is 45.7 Å². The Morgan fingerprint density at radius 2 is 1.51 bits per heavy atom. The van der Waals surface area contributed by atoms with Crippen LogP contribution in [-0.4, -0.2) is 38.4 Å². The zero-order valence-electron chi connectivity index (χ0n) is 23.4. The van der Waals surface area contributed by atoms with Crippen molar-refractivity contribution in [2.24, 2.45) is 11.8 Å². The van der Waals surface area contributed by atoms with Crippen molar-refractivity contribution in [3.8, 4) is 0 Å². The third kappa shape index (κ3) is 5.92. The minimum absolute atomic E-state index is 0.000892. The molecule has 0 radical (unpaired) electrons. The van der Waals surface area contributed by atoms with Crippen molar-refractivity contribution in [3.05, 3.63) is 109 Å². The monoisotopic (exact) mass is 541 g/mol. The van der Waals surface area contributed by atoms with Crippen molar-refractivity contribution in [1.82, 2.24) is 4.90 Å². The number of carbonyl (C=O) groups excluding carboxylic acids is 2. The van der Waals surface area contributed by atoms with Crippen LogP contribution in [0.2, 0.25) is 5.04 Å². The van der Waals surface area contributed by atoms with Gasteiger partial charge >= 0.3 is 6.09 Å². The van der Waals surface area contributed by atoms with Crippen molar-refractivity contribution in [2.45, 2.75) is 45.2 Å². The van der Waals surface area contributed by atoms with Gasteiger partial charge in [-0.3, -0.25) is 4.79 Å². The SMILES string of the molecule is C=C[C@@H](C)[C@@H](CO[Si](c1ccccc1)(c1ccccc1)C(C)(C)C)CC(=O)N1C(=O)OC[C@@H]1c1ccccc1. The third-order valence-electron chi connectivity index (χ3n) is 7.81. The molecule has 1 fully saturated rings. The summed E-state index contributed by atoms with van der Waals surface area (Å²) in [4.78, 5) is 27.6. The predicted octanol–water partition coefficient (Wildman–Crippen LogP) is 6.11. The van der Waals surface area contributed by atoms with E-state index in [1.54, 1.807) is 0 Å². The fourth-order valence-corrected chi connectivity index (χ4v) is 10.1. The van der Waals surface area contributed by atoms with Crippen LogP contribution in [0.5, 0.6) is 0 Å². The summed E-state index contributed by atoms with van der Waals surface area (Å²) >= 11 is 0. The molecule has 3 aromatic carbocycles. The van der Waals surface area contributed by atoms with Gasteiger partial charge in [0.05, 0.1) is 0 Å². The fourth-order valence-electron chi connectivity index (χ4n) is 5.52. The largest absolute Gasteiger partial charge is 0.446 e. The smallest absolute Gasteiger partial charge is 0.417 e. The maximum Gasteiger partial charge on any atom is 0.417 e. The van der Waals surface area contributed by atoms with Gasteiger partial charge in [-0.1, -0.05) is 125 Å². The molecule has 1 saturated heterocycles. The quantitative estimate of drug-likeness (QED) is 0.230. The number of benzene rings is 3. The van der Waals surface area contributed by atoms with Gasteiger partial charge in [-0.2, -0.15) is 0 Å². The van der Waals surface area contributed by atoms with Gasteiger partial charge in [0.15, 0.2) is 0 Å². The first kappa shape index (κ1) is 28.5. The summed E-state index contributed by atoms with van der Waals surface area (Å²) in [5, 5.41) is 2.19. The van der Waals surface area contributed by atoms with Gasteiger partial charge in [0.1, 0.15) is 12.6 Å². The zero-order valence-corrected chi connectivity index (χ0v) is 24.4. The van der Waals surface area contributed by atoms with E-state index in [0.29, 0.717) is 6.61 Å². The van der Waals surface area contributed by atoms with E-state index < -0.39 is 20.5 Å². The molecule has 0 unspecified atom stereocenters. The molecule has 0 N–H and O–H groups in total. The van der Waals surface area contributed by atoms with Crippen LogP contribution in [0.25, 0.3) is 0 Å². The van der Waals surface area contributed by atoms with Crippen LogP contribution < -0.4 is 10.4 Å². The molecule has 39 heavy (non-hydrogen) atoms. The predicted molar refractivity (Wildman–Crippen MR) is 158 cm³/mol. The molecule has 3 atom stereocenters. The second-order valence-corrected chi connectivity index (χ2v) is 15.6. The highest BCUT2D eigenvalue weighted by Gasteiger charge is 2.50. The normalized spacial score (nSPS) is 17.4. The first-order valence-corrected chi connectivity index (χ1v) is 15.5. The lowest BCUT2D eigenvalue weighted by atomic mass is 9.91. The lowest BCUT2D eigenvalue weighted by Crippen LogP contribution is -2.67. The molecular formula is C33H39NO4Si. The average molecular weight is 542 g/mol. The molecule has 1 heterocycles. The number of rotatable bonds is 10. The van der Waals surface area contributed by atoms with Crippen LogP contribution in [0.3, 0.4) is 0 Å². The van der Waals surface area contributed by atoms with Crippen molar-refractivity contribution in [2.75, 3.05) is 13.2 Å². The highest BCUT2D eigenvalue weighted by Crippen LogP contribution is 2.38. The van der Waals surface area contributed by atoms with E-state index >= 15 is 0 Å². The molecular weight excluding hydrogens is 502 g/mol. The van der Waals surface area contributed by atoms with Crippen LogP contribution in [-0.2, 0) is 14.0 Å². The fraction of sp³-hybridized carbons (Fsp3) is 0.333. The number of hydrogen-bond donors (Lipinski definition) is 0. The van der Waals surface area contributed by atoms with Gasteiger partial charge in [-0.25, -0.2) is 9.69 Å². The zero-order chi connectivity index (χ0) is 28.0. The number of imide groups is 1. The highest BCUT2D eigenvalue weighted by molar-refractivity contribution is 6.99. The number of amides is 2. The number of ether oxygens (including phenoxy) is 1. The minimum atomic E-state index is -2.78. The van der Waals surface area contributed by atoms with Crippen molar-refractivity contribution < 1.29 is 18.8 Å². The summed E-state index contributed by atoms with van der Waals surface area (Å²) in [7, 11) is -2.78. The van der Waals surface area contributed by atoms with E-state index in [-0.39, 0.29) is 35.8 Å². The first-order valence-electron chi connectivity index (χ1n) is 13.6. The van der Waals surface area contributed by atoms with E-state index in [1.165, 1.54) is 15.3 Å². The number of allylic oxidation sites excluding steroid dienone is 1. The van der Waals surface area contributed by atoms with Gasteiger partial charge in [-0.15, -0.1) is 6.58 Å². The van der Waals surface area contributed by atoms with E-state index in [0.717, 1.165) is 5.56 Å². The lowest BCUT2D eigenvalue weighted by Gasteiger charge is -2.44. The maximum absolute atomic E-state index is 13.7. The van der Waals surface area contributed by atoms with Crippen LogP contribution in [0.4, 0.5) is 4.79 Å². The standard InChI is InChI=1S/C33H39NO4Si/c1-6-25(2)27(22-31(35)34-30(24-37-32(34)36)26-16-10-7-11-17-26)23-38-39(33(3,4)5,28-18-12-8-13-19-28)29-20-14-9-15-21-29/h6-21,25,27,30H,1,22-24H2,2-5H3/t25-,27-,30-/m1/s1. The molecule has 5 nitrogen and oxygen atoms in total. The molecule has 6 heteroatoms. The van der Waals surface area contributed by atoms with Gasteiger partial charge in [0.25, 0.3) is 8.32 Å². The molecule has 0 aliphatic carbocycles. The van der Waals surface area contributed by atoms with Gasteiger partial charge < -0.3 is 9.16 Å². The molecule has 1 aliphatic rings. The summed E-state index contributed by atoms with van der Waals surface area (Å²) in [5.74, 6) is -0.418. The van der Waals surface area contributed by atoms with E-state index in [1.807, 2.05) is 48.5 Å². The molecule has 204 valence electrons. The molecule has 1 aliphatic heterocycles. The van der Waals surface area contributed by atoms with E-state index in [2.05, 4.69) is 82.8 Å². The number of carbonyl (C=O) groups is 2. The first-order chi connectivity index (χ1) is 18.7. The Morgan fingerprint density at radius 1 is 1.00 bits per heavy atom. The molecule has 0 saturated carbocycles. The Balaban J connectivity index is 1.65. The summed E-state index contributed by atoms with van der Waals surface area (Å²) in [5.41, 5.74) is 0.883. The average Bonchev–Trinajstić information content (AvgIpc) is 3.34. The van der Waals surface area contributed by atoms with Crippen molar-refractivity contribution in [3.63, 3.8) is 0 Å². The second-order valence-electron chi connectivity index (χ2n) is 11.3. The molecule has 3 aromatic rings. The number of cyclic esters (lactones) is 1. The molecule has 0 bridgehead atoms. The lowest BCUT2D eigenvalue weighted by molar-refractivity contribution is -0.130. The Labute approximate surface area is 233 Å². The topological polar surface area (TPSA) is 55.8 Å². The van der Waals surface area contributed by atoms with Crippen LogP contribution >= 0.6 is 0 Å². The van der Waals surface area contributed by atoms with Crippen molar-refractivity contribution >= 4 is 30.7 Å². The Hall–Kier alpha value is -3.48. The molecule has 0 aromatic heterocycles. The third-order valence-corrected chi connectivity index (χ3v) is 12.8. The minimum Gasteiger partial charge on any atom is -0.446 e. The van der Waals surface area contributed by atoms with E-state index in [9.17, 15) is 9.59 Å². The molecule has 2 amide bonds. The highest BCUT2D eigenvalue weighted by atomic mass is 28.4. The Bertz CT molecular complexity index is 1220. The second kappa shape index (κ2) is 12.1. The number of nitrogens with zero attached hydrogens (tertiary/aromatic N) is 1. The maximum atomic E-state index is 13.7. The summed E-state index contributed by atoms with van der Waals surface area (Å²) < 4.78 is 12.5. The van der Waals surface area contributed by atoms with Crippen LogP contribution in [0, 0.1) is 11.8 Å². The summed E-state index contributed by atoms with van der Waals surface area (Å²) in [6.45, 7) is 13.3. The van der Waals surface area contributed by atoms with Gasteiger partial charge in [0.2, 0.25) is 5.91 Å². The van der Waals surface area contributed by atoms with E-state index in [4.69, 9.17) is 9.16 Å². The summed E-state index contributed by atoms with van der Waals surface area (Å²) in [6.07, 6.45) is 1.43. The number of hydrogen-bond acceptors (Lipinski definition) is 4. The Morgan fingerprint density at radius 3 is 2.00 bits per heavy atom. The van der Waals surface area contributed by atoms with Gasteiger partial charge in [0, 0.05) is 13.0 Å². The van der Waals surface area contributed by atoms with Gasteiger partial charge in [-0.05, 0) is 32.8 Å².